The number of fused-ring (bicyclic) bond motifs is 1. The summed E-state index contributed by atoms with van der Waals surface area (Å²) in [5.41, 5.74) is 6.63. The zero-order valence-corrected chi connectivity index (χ0v) is 11.0. The highest BCUT2D eigenvalue weighted by molar-refractivity contribution is 6.00. The summed E-state index contributed by atoms with van der Waals surface area (Å²) >= 11 is 0. The molecule has 5 N–H and O–H groups in total. The third kappa shape index (κ3) is 2.48. The molecule has 1 aromatic carbocycles. The standard InChI is InChI=1S/C14H13N5O2/c15-14-18-12-11(13(21)19-14)9(6-17-12)16-7-10(20)8-4-2-1-3-5-8/h1-6,16H,7H2,(H4,15,17,18,19,21). The molecular weight excluding hydrogens is 270 g/mol. The summed E-state index contributed by atoms with van der Waals surface area (Å²) < 4.78 is 0. The number of nitrogen functional groups attached to an aromatic ring is 1. The number of nitrogens with one attached hydrogen (secondary N) is 3. The zero-order valence-electron chi connectivity index (χ0n) is 11.0. The number of carbonyl (C=O) groups is 1. The van der Waals surface area contributed by atoms with E-state index in [2.05, 4.69) is 20.3 Å². The quantitative estimate of drug-likeness (QED) is 0.535. The minimum Gasteiger partial charge on any atom is -0.376 e. The number of aromatic amines is 2. The Labute approximate surface area is 119 Å². The van der Waals surface area contributed by atoms with Gasteiger partial charge < -0.3 is 16.0 Å². The molecule has 2 aromatic heterocycles. The van der Waals surface area contributed by atoms with Gasteiger partial charge in [0.15, 0.2) is 5.78 Å². The molecule has 0 aliphatic rings. The van der Waals surface area contributed by atoms with E-state index >= 15 is 0 Å². The van der Waals surface area contributed by atoms with Gasteiger partial charge in [-0.05, 0) is 0 Å². The molecule has 2 heterocycles. The molecule has 0 saturated carbocycles. The Kier molecular flexibility index (Phi) is 3.15. The Bertz CT molecular complexity index is 851. The number of carbonyl (C=O) groups excluding carboxylic acids is 1. The van der Waals surface area contributed by atoms with Crippen molar-refractivity contribution in [2.45, 2.75) is 0 Å². The molecule has 0 radical (unpaired) electrons. The van der Waals surface area contributed by atoms with E-state index in [-0.39, 0.29) is 23.8 Å². The third-order valence-electron chi connectivity index (χ3n) is 3.10. The van der Waals surface area contributed by atoms with Crippen molar-refractivity contribution in [2.24, 2.45) is 0 Å². The van der Waals surface area contributed by atoms with Gasteiger partial charge >= 0.3 is 0 Å². The minimum absolute atomic E-state index is 0.0428. The summed E-state index contributed by atoms with van der Waals surface area (Å²) in [6.45, 7) is 0.0841. The SMILES string of the molecule is Nc1nc2[nH]cc(NCC(=O)c3ccccc3)c2c(=O)[nH]1. The molecule has 3 rings (SSSR count). The fraction of sp³-hybridized carbons (Fsp3) is 0.0714. The largest absolute Gasteiger partial charge is 0.376 e. The molecular formula is C14H13N5O2. The van der Waals surface area contributed by atoms with Crippen LogP contribution < -0.4 is 16.6 Å². The number of ketones is 1. The minimum atomic E-state index is -0.353. The van der Waals surface area contributed by atoms with Gasteiger partial charge in [-0.25, -0.2) is 0 Å². The highest BCUT2D eigenvalue weighted by Gasteiger charge is 2.11. The molecule has 21 heavy (non-hydrogen) atoms. The summed E-state index contributed by atoms with van der Waals surface area (Å²) in [5.74, 6) is -0.0222. The van der Waals surface area contributed by atoms with Gasteiger partial charge in [-0.15, -0.1) is 0 Å². The second-order valence-corrected chi connectivity index (χ2v) is 4.52. The average molecular weight is 283 g/mol. The number of H-pyrrole nitrogens is 2. The van der Waals surface area contributed by atoms with E-state index in [4.69, 9.17) is 5.73 Å². The van der Waals surface area contributed by atoms with E-state index in [1.165, 1.54) is 0 Å². The Morgan fingerprint density at radius 3 is 2.81 bits per heavy atom. The smallest absolute Gasteiger partial charge is 0.263 e. The number of anilines is 2. The lowest BCUT2D eigenvalue weighted by Crippen LogP contribution is -2.16. The Morgan fingerprint density at radius 2 is 2.05 bits per heavy atom. The number of Topliss-reactive ketones (excluding diaryl/α,β-unsaturated/α-hetero) is 1. The van der Waals surface area contributed by atoms with Gasteiger partial charge in [-0.2, -0.15) is 4.98 Å². The Hall–Kier alpha value is -3.09. The number of rotatable bonds is 4. The summed E-state index contributed by atoms with van der Waals surface area (Å²) in [5, 5.41) is 3.30. The van der Waals surface area contributed by atoms with Crippen molar-refractivity contribution in [3.63, 3.8) is 0 Å². The molecule has 0 saturated heterocycles. The average Bonchev–Trinajstić information content (AvgIpc) is 2.89. The lowest BCUT2D eigenvalue weighted by atomic mass is 10.1. The number of aromatic nitrogens is 3. The molecule has 0 fully saturated rings. The first-order valence-electron chi connectivity index (χ1n) is 6.34. The van der Waals surface area contributed by atoms with Crippen molar-refractivity contribution in [3.8, 4) is 0 Å². The second kappa shape index (κ2) is 5.12. The van der Waals surface area contributed by atoms with Crippen LogP contribution in [-0.2, 0) is 0 Å². The molecule has 7 nitrogen and oxygen atoms in total. The van der Waals surface area contributed by atoms with Crippen molar-refractivity contribution in [2.75, 3.05) is 17.6 Å². The Morgan fingerprint density at radius 1 is 1.29 bits per heavy atom. The van der Waals surface area contributed by atoms with E-state index < -0.39 is 0 Å². The van der Waals surface area contributed by atoms with Crippen LogP contribution in [0.15, 0.2) is 41.3 Å². The van der Waals surface area contributed by atoms with Crippen LogP contribution in [0.2, 0.25) is 0 Å². The Balaban J connectivity index is 1.83. The van der Waals surface area contributed by atoms with E-state index in [1.54, 1.807) is 30.5 Å². The van der Waals surface area contributed by atoms with Crippen LogP contribution >= 0.6 is 0 Å². The number of benzene rings is 1. The highest BCUT2D eigenvalue weighted by Crippen LogP contribution is 2.17. The van der Waals surface area contributed by atoms with Crippen LogP contribution in [0.1, 0.15) is 10.4 Å². The van der Waals surface area contributed by atoms with E-state index in [9.17, 15) is 9.59 Å². The van der Waals surface area contributed by atoms with E-state index in [0.717, 1.165) is 0 Å². The van der Waals surface area contributed by atoms with Gasteiger partial charge in [0.2, 0.25) is 5.95 Å². The van der Waals surface area contributed by atoms with Crippen LogP contribution in [0.4, 0.5) is 11.6 Å². The molecule has 7 heteroatoms. The zero-order chi connectivity index (χ0) is 14.8. The van der Waals surface area contributed by atoms with Gasteiger partial charge in [-0.3, -0.25) is 14.6 Å². The van der Waals surface area contributed by atoms with Crippen molar-refractivity contribution in [1.82, 2.24) is 15.0 Å². The molecule has 106 valence electrons. The normalized spacial score (nSPS) is 10.7. The molecule has 0 amide bonds. The van der Waals surface area contributed by atoms with Crippen LogP contribution in [0, 0.1) is 0 Å². The number of nitrogens with zero attached hydrogens (tertiary/aromatic N) is 1. The first kappa shape index (κ1) is 12.9. The summed E-state index contributed by atoms with van der Waals surface area (Å²) in [7, 11) is 0. The van der Waals surface area contributed by atoms with Crippen LogP contribution in [0.25, 0.3) is 11.0 Å². The van der Waals surface area contributed by atoms with Gasteiger partial charge in [0, 0.05) is 11.8 Å². The molecule has 0 aliphatic carbocycles. The van der Waals surface area contributed by atoms with E-state index in [0.29, 0.717) is 22.3 Å². The third-order valence-corrected chi connectivity index (χ3v) is 3.10. The van der Waals surface area contributed by atoms with Crippen LogP contribution in [-0.4, -0.2) is 27.3 Å². The molecule has 3 aromatic rings. The molecule has 0 spiro atoms. The highest BCUT2D eigenvalue weighted by atomic mass is 16.1. The number of hydrogen-bond donors (Lipinski definition) is 4. The summed E-state index contributed by atoms with van der Waals surface area (Å²) in [4.78, 5) is 33.2. The van der Waals surface area contributed by atoms with Crippen molar-refractivity contribution >= 4 is 28.5 Å². The molecule has 0 bridgehead atoms. The van der Waals surface area contributed by atoms with Gasteiger partial charge in [0.1, 0.15) is 11.0 Å². The van der Waals surface area contributed by atoms with Crippen molar-refractivity contribution < 1.29 is 4.79 Å². The number of nitrogens with two attached hydrogens (primary N) is 1. The maximum atomic E-state index is 12.0. The fourth-order valence-corrected chi connectivity index (χ4v) is 2.10. The lowest BCUT2D eigenvalue weighted by Gasteiger charge is -2.04. The summed E-state index contributed by atoms with van der Waals surface area (Å²) in [6.07, 6.45) is 1.59. The maximum Gasteiger partial charge on any atom is 0.263 e. The van der Waals surface area contributed by atoms with Crippen LogP contribution in [0.3, 0.4) is 0 Å². The predicted octanol–water partition coefficient (Wildman–Crippen LogP) is 1.13. The monoisotopic (exact) mass is 283 g/mol. The summed E-state index contributed by atoms with van der Waals surface area (Å²) in [6, 6.07) is 8.94. The number of hydrogen-bond acceptors (Lipinski definition) is 5. The lowest BCUT2D eigenvalue weighted by molar-refractivity contribution is 0.101. The van der Waals surface area contributed by atoms with Crippen LogP contribution in [0.5, 0.6) is 0 Å². The van der Waals surface area contributed by atoms with E-state index in [1.807, 2.05) is 6.07 Å². The predicted molar refractivity (Wildman–Crippen MR) is 80.4 cm³/mol. The van der Waals surface area contributed by atoms with Gasteiger partial charge in [0.05, 0.1) is 12.2 Å². The van der Waals surface area contributed by atoms with Crippen molar-refractivity contribution in [1.29, 1.82) is 0 Å². The first-order chi connectivity index (χ1) is 10.1. The van der Waals surface area contributed by atoms with Gasteiger partial charge in [-0.1, -0.05) is 30.3 Å². The molecule has 0 atom stereocenters. The second-order valence-electron chi connectivity index (χ2n) is 4.52. The topological polar surface area (TPSA) is 117 Å². The maximum absolute atomic E-state index is 12.0. The fourth-order valence-electron chi connectivity index (χ4n) is 2.10. The molecule has 0 unspecified atom stereocenters. The van der Waals surface area contributed by atoms with Crippen molar-refractivity contribution in [3.05, 3.63) is 52.4 Å². The first-order valence-corrected chi connectivity index (χ1v) is 6.34. The van der Waals surface area contributed by atoms with Gasteiger partial charge in [0.25, 0.3) is 5.56 Å². The molecule has 0 aliphatic heterocycles.